The Morgan fingerprint density at radius 1 is 0.645 bits per heavy atom. The Bertz CT molecular complexity index is 810. The molecule has 0 heterocycles. The molecule has 3 aromatic carbocycles. The standard InChI is InChI=1S/C28H38N3/c1-31(21-11-19-29,25-28-17-9-4-10-18-28)22-12-20-30(23-26-13-5-2-6-14-26)24-27-15-7-3-8-16-27/h2-10,13-18H,11-12,19-25,29H2,1H3/q+1. The molecule has 0 fully saturated rings. The van der Waals surface area contributed by atoms with Crippen LogP contribution in [0.2, 0.25) is 0 Å². The van der Waals surface area contributed by atoms with E-state index in [9.17, 15) is 0 Å². The molecular formula is C28H38N3+. The van der Waals surface area contributed by atoms with Crippen molar-refractivity contribution in [1.29, 1.82) is 0 Å². The molecule has 0 aliphatic carbocycles. The molecule has 0 aliphatic rings. The fourth-order valence-corrected chi connectivity index (χ4v) is 4.34. The van der Waals surface area contributed by atoms with Crippen molar-refractivity contribution in [1.82, 2.24) is 4.90 Å². The summed E-state index contributed by atoms with van der Waals surface area (Å²) in [6, 6.07) is 32.5. The molecule has 0 amide bonds. The first kappa shape index (κ1) is 23.2. The van der Waals surface area contributed by atoms with Crippen molar-refractivity contribution < 1.29 is 4.48 Å². The maximum Gasteiger partial charge on any atom is 0.104 e. The van der Waals surface area contributed by atoms with E-state index in [2.05, 4.69) is 103 Å². The molecule has 3 aromatic rings. The number of nitrogens with zero attached hydrogens (tertiary/aromatic N) is 2. The van der Waals surface area contributed by atoms with Gasteiger partial charge in [-0.1, -0.05) is 91.0 Å². The van der Waals surface area contributed by atoms with Crippen molar-refractivity contribution in [2.75, 3.05) is 33.2 Å². The lowest BCUT2D eigenvalue weighted by molar-refractivity contribution is -0.922. The van der Waals surface area contributed by atoms with Crippen molar-refractivity contribution >= 4 is 0 Å². The molecule has 164 valence electrons. The Balaban J connectivity index is 1.63. The van der Waals surface area contributed by atoms with Crippen LogP contribution in [0.25, 0.3) is 0 Å². The van der Waals surface area contributed by atoms with E-state index >= 15 is 0 Å². The average molecular weight is 417 g/mol. The van der Waals surface area contributed by atoms with E-state index < -0.39 is 0 Å². The Kier molecular flexibility index (Phi) is 9.29. The highest BCUT2D eigenvalue weighted by Crippen LogP contribution is 2.16. The fourth-order valence-electron chi connectivity index (χ4n) is 4.34. The second-order valence-electron chi connectivity index (χ2n) is 8.89. The first-order valence-corrected chi connectivity index (χ1v) is 11.5. The van der Waals surface area contributed by atoms with Crippen molar-refractivity contribution in [2.45, 2.75) is 32.5 Å². The van der Waals surface area contributed by atoms with Gasteiger partial charge in [-0.15, -0.1) is 0 Å². The minimum atomic E-state index is 0.761. The van der Waals surface area contributed by atoms with Gasteiger partial charge in [0.1, 0.15) is 6.54 Å². The molecule has 3 heteroatoms. The zero-order valence-corrected chi connectivity index (χ0v) is 19.0. The highest BCUT2D eigenvalue weighted by Gasteiger charge is 2.22. The second-order valence-corrected chi connectivity index (χ2v) is 8.89. The monoisotopic (exact) mass is 416 g/mol. The number of hydrogen-bond acceptors (Lipinski definition) is 2. The van der Waals surface area contributed by atoms with Gasteiger partial charge in [0.15, 0.2) is 0 Å². The van der Waals surface area contributed by atoms with Gasteiger partial charge < -0.3 is 10.2 Å². The summed E-state index contributed by atoms with van der Waals surface area (Å²) in [7, 11) is 2.39. The molecule has 1 atom stereocenters. The van der Waals surface area contributed by atoms with Crippen LogP contribution in [0.3, 0.4) is 0 Å². The Morgan fingerprint density at radius 3 is 1.58 bits per heavy atom. The third-order valence-corrected chi connectivity index (χ3v) is 5.98. The molecule has 3 nitrogen and oxygen atoms in total. The van der Waals surface area contributed by atoms with E-state index in [1.54, 1.807) is 0 Å². The normalized spacial score (nSPS) is 13.3. The Morgan fingerprint density at radius 2 is 1.10 bits per heavy atom. The number of benzene rings is 3. The summed E-state index contributed by atoms with van der Waals surface area (Å²) in [5.74, 6) is 0. The fraction of sp³-hybridized carbons (Fsp3) is 0.357. The lowest BCUT2D eigenvalue weighted by Gasteiger charge is -2.35. The Labute approximate surface area is 188 Å². The smallest absolute Gasteiger partial charge is 0.104 e. The maximum atomic E-state index is 5.86. The Hall–Kier alpha value is -2.46. The van der Waals surface area contributed by atoms with E-state index in [0.29, 0.717) is 0 Å². The van der Waals surface area contributed by atoms with E-state index in [1.807, 2.05) is 0 Å². The summed E-state index contributed by atoms with van der Waals surface area (Å²) >= 11 is 0. The van der Waals surface area contributed by atoms with Crippen molar-refractivity contribution in [3.8, 4) is 0 Å². The molecule has 0 aliphatic heterocycles. The van der Waals surface area contributed by atoms with Crippen LogP contribution in [0, 0.1) is 0 Å². The second kappa shape index (κ2) is 12.4. The van der Waals surface area contributed by atoms with E-state index in [1.165, 1.54) is 23.1 Å². The molecule has 1 unspecified atom stereocenters. The van der Waals surface area contributed by atoms with Crippen LogP contribution in [-0.2, 0) is 19.6 Å². The van der Waals surface area contributed by atoms with Crippen LogP contribution in [0.15, 0.2) is 91.0 Å². The molecule has 0 saturated heterocycles. The molecule has 0 saturated carbocycles. The number of nitrogens with two attached hydrogens (primary N) is 1. The zero-order valence-electron chi connectivity index (χ0n) is 19.0. The minimum absolute atomic E-state index is 0.761. The summed E-state index contributed by atoms with van der Waals surface area (Å²) in [6.07, 6.45) is 2.24. The molecule has 0 aromatic heterocycles. The molecule has 0 spiro atoms. The van der Waals surface area contributed by atoms with Crippen LogP contribution in [0.5, 0.6) is 0 Å². The number of hydrogen-bond donors (Lipinski definition) is 1. The van der Waals surface area contributed by atoms with Crippen LogP contribution >= 0.6 is 0 Å². The molecule has 0 bridgehead atoms. The molecule has 3 rings (SSSR count). The summed E-state index contributed by atoms with van der Waals surface area (Å²) in [5, 5.41) is 0. The van der Waals surface area contributed by atoms with Gasteiger partial charge in [-0.05, 0) is 17.7 Å². The van der Waals surface area contributed by atoms with Gasteiger partial charge in [-0.3, -0.25) is 4.90 Å². The van der Waals surface area contributed by atoms with Crippen LogP contribution < -0.4 is 5.73 Å². The lowest BCUT2D eigenvalue weighted by Crippen LogP contribution is -2.46. The van der Waals surface area contributed by atoms with Crippen LogP contribution in [0.1, 0.15) is 29.5 Å². The van der Waals surface area contributed by atoms with E-state index in [-0.39, 0.29) is 0 Å². The first-order valence-electron chi connectivity index (χ1n) is 11.5. The molecule has 31 heavy (non-hydrogen) atoms. The predicted octanol–water partition coefficient (Wildman–Crippen LogP) is 5.07. The van der Waals surface area contributed by atoms with Crippen LogP contribution in [-0.4, -0.2) is 42.6 Å². The summed E-state index contributed by atoms with van der Waals surface area (Å²) in [6.45, 7) is 7.18. The number of quaternary nitrogens is 1. The summed E-state index contributed by atoms with van der Waals surface area (Å²) in [4.78, 5) is 2.58. The topological polar surface area (TPSA) is 29.3 Å². The van der Waals surface area contributed by atoms with Gasteiger partial charge in [0.2, 0.25) is 0 Å². The van der Waals surface area contributed by atoms with E-state index in [0.717, 1.165) is 56.7 Å². The quantitative estimate of drug-likeness (QED) is 0.394. The van der Waals surface area contributed by atoms with Crippen molar-refractivity contribution in [2.24, 2.45) is 5.73 Å². The molecule has 0 radical (unpaired) electrons. The minimum Gasteiger partial charge on any atom is -0.330 e. The lowest BCUT2D eigenvalue weighted by atomic mass is 10.1. The average Bonchev–Trinajstić information content (AvgIpc) is 2.80. The van der Waals surface area contributed by atoms with Gasteiger partial charge >= 0.3 is 0 Å². The summed E-state index contributed by atoms with van der Waals surface area (Å²) in [5.41, 5.74) is 10.0. The van der Waals surface area contributed by atoms with Gasteiger partial charge in [0.25, 0.3) is 0 Å². The molecule has 2 N–H and O–H groups in total. The van der Waals surface area contributed by atoms with Gasteiger partial charge in [-0.25, -0.2) is 0 Å². The summed E-state index contributed by atoms with van der Waals surface area (Å²) < 4.78 is 1.05. The van der Waals surface area contributed by atoms with Crippen LogP contribution in [0.4, 0.5) is 0 Å². The third-order valence-electron chi connectivity index (χ3n) is 5.98. The largest absolute Gasteiger partial charge is 0.330 e. The van der Waals surface area contributed by atoms with Gasteiger partial charge in [0.05, 0.1) is 20.1 Å². The van der Waals surface area contributed by atoms with E-state index in [4.69, 9.17) is 5.73 Å². The predicted molar refractivity (Wildman–Crippen MR) is 131 cm³/mol. The van der Waals surface area contributed by atoms with Gasteiger partial charge in [-0.2, -0.15) is 0 Å². The first-order chi connectivity index (χ1) is 15.2. The zero-order chi connectivity index (χ0) is 21.8. The SMILES string of the molecule is C[N+](CCCN)(CCCN(Cc1ccccc1)Cc1ccccc1)Cc1ccccc1. The van der Waals surface area contributed by atoms with Gasteiger partial charge in [0, 0.05) is 38.0 Å². The van der Waals surface area contributed by atoms with Crippen molar-refractivity contribution in [3.05, 3.63) is 108 Å². The maximum absolute atomic E-state index is 5.86. The third kappa shape index (κ3) is 8.29. The highest BCUT2D eigenvalue weighted by molar-refractivity contribution is 5.17. The molecular weight excluding hydrogens is 378 g/mol. The van der Waals surface area contributed by atoms with Crippen molar-refractivity contribution in [3.63, 3.8) is 0 Å². The highest BCUT2D eigenvalue weighted by atomic mass is 15.3. The number of rotatable bonds is 13.